The van der Waals surface area contributed by atoms with E-state index in [1.807, 2.05) is 30.3 Å². The van der Waals surface area contributed by atoms with E-state index in [0.29, 0.717) is 10.9 Å². The third kappa shape index (κ3) is 2.79. The van der Waals surface area contributed by atoms with Gasteiger partial charge in [-0.2, -0.15) is 4.68 Å². The summed E-state index contributed by atoms with van der Waals surface area (Å²) in [5, 5.41) is 3.51. The van der Waals surface area contributed by atoms with Crippen LogP contribution in [0.5, 0.6) is 0 Å². The Kier molecular flexibility index (Phi) is 3.69. The molecule has 0 unspecified atom stereocenters. The standard InChI is InChI=1S/C14H10Br2N4O/c15-8-1-4-10(5-2-8)18-14-19-12-6-3-9(16)7-11(12)13(21)20(14)17/h1-7H,17H2,(H,18,19). The fourth-order valence-corrected chi connectivity index (χ4v) is 2.55. The molecule has 3 N–H and O–H groups in total. The van der Waals surface area contributed by atoms with Gasteiger partial charge in [-0.25, -0.2) is 4.98 Å². The molecule has 21 heavy (non-hydrogen) atoms. The zero-order valence-corrected chi connectivity index (χ0v) is 13.8. The maximum Gasteiger partial charge on any atom is 0.281 e. The van der Waals surface area contributed by atoms with Crippen molar-refractivity contribution in [3.05, 3.63) is 61.8 Å². The number of fused-ring (bicyclic) bond motifs is 1. The summed E-state index contributed by atoms with van der Waals surface area (Å²) in [6.45, 7) is 0. The van der Waals surface area contributed by atoms with Gasteiger partial charge in [0.2, 0.25) is 5.95 Å². The minimum atomic E-state index is -0.305. The minimum absolute atomic E-state index is 0.289. The second-order valence-electron chi connectivity index (χ2n) is 4.40. The van der Waals surface area contributed by atoms with Crippen LogP contribution in [-0.4, -0.2) is 9.66 Å². The molecule has 106 valence electrons. The molecule has 0 atom stereocenters. The number of nitrogen functional groups attached to an aromatic ring is 1. The Hall–Kier alpha value is -1.86. The van der Waals surface area contributed by atoms with Crippen LogP contribution in [0, 0.1) is 0 Å². The minimum Gasteiger partial charge on any atom is -0.333 e. The SMILES string of the molecule is Nn1c(Nc2ccc(Br)cc2)nc2ccc(Br)cc2c1=O. The zero-order valence-electron chi connectivity index (χ0n) is 10.7. The maximum absolute atomic E-state index is 12.3. The van der Waals surface area contributed by atoms with Crippen molar-refractivity contribution < 1.29 is 0 Å². The van der Waals surface area contributed by atoms with Crippen molar-refractivity contribution in [3.63, 3.8) is 0 Å². The van der Waals surface area contributed by atoms with Crippen LogP contribution in [0.3, 0.4) is 0 Å². The summed E-state index contributed by atoms with van der Waals surface area (Å²) in [7, 11) is 0. The number of hydrogen-bond donors (Lipinski definition) is 2. The lowest BCUT2D eigenvalue weighted by atomic mass is 10.2. The van der Waals surface area contributed by atoms with Crippen LogP contribution in [0.4, 0.5) is 11.6 Å². The second-order valence-corrected chi connectivity index (χ2v) is 6.24. The highest BCUT2D eigenvalue weighted by molar-refractivity contribution is 9.10. The van der Waals surface area contributed by atoms with E-state index in [4.69, 9.17) is 5.84 Å². The first-order valence-electron chi connectivity index (χ1n) is 6.04. The molecule has 1 aromatic heterocycles. The van der Waals surface area contributed by atoms with Crippen molar-refractivity contribution in [3.8, 4) is 0 Å². The van der Waals surface area contributed by atoms with Crippen molar-refractivity contribution in [2.45, 2.75) is 0 Å². The highest BCUT2D eigenvalue weighted by Gasteiger charge is 2.09. The Morgan fingerprint density at radius 2 is 1.71 bits per heavy atom. The molecule has 3 rings (SSSR count). The number of halogens is 2. The molecule has 3 aromatic rings. The third-order valence-electron chi connectivity index (χ3n) is 2.96. The number of anilines is 2. The first-order valence-corrected chi connectivity index (χ1v) is 7.63. The van der Waals surface area contributed by atoms with Crippen LogP contribution in [0.1, 0.15) is 0 Å². The average Bonchev–Trinajstić information content (AvgIpc) is 2.47. The van der Waals surface area contributed by atoms with Gasteiger partial charge in [-0.1, -0.05) is 31.9 Å². The normalized spacial score (nSPS) is 10.8. The average molecular weight is 410 g/mol. The molecule has 0 saturated heterocycles. The van der Waals surface area contributed by atoms with E-state index in [1.165, 1.54) is 0 Å². The smallest absolute Gasteiger partial charge is 0.281 e. The van der Waals surface area contributed by atoms with Crippen LogP contribution in [0.25, 0.3) is 10.9 Å². The monoisotopic (exact) mass is 408 g/mol. The van der Waals surface area contributed by atoms with E-state index in [-0.39, 0.29) is 11.5 Å². The largest absolute Gasteiger partial charge is 0.333 e. The number of hydrogen-bond acceptors (Lipinski definition) is 4. The van der Waals surface area contributed by atoms with Crippen molar-refractivity contribution in [2.24, 2.45) is 0 Å². The number of rotatable bonds is 2. The van der Waals surface area contributed by atoms with E-state index < -0.39 is 0 Å². The number of nitrogens with one attached hydrogen (secondary N) is 1. The summed E-state index contributed by atoms with van der Waals surface area (Å²) >= 11 is 6.70. The van der Waals surface area contributed by atoms with Gasteiger partial charge in [0.15, 0.2) is 0 Å². The molecule has 0 radical (unpaired) electrons. The van der Waals surface area contributed by atoms with Gasteiger partial charge in [0.25, 0.3) is 5.56 Å². The predicted octanol–water partition coefficient (Wildman–Crippen LogP) is 3.38. The molecular formula is C14H10Br2N4O. The second kappa shape index (κ2) is 5.50. The Morgan fingerprint density at radius 1 is 1.05 bits per heavy atom. The van der Waals surface area contributed by atoms with Crippen molar-refractivity contribution in [1.29, 1.82) is 0 Å². The Morgan fingerprint density at radius 3 is 2.43 bits per heavy atom. The molecule has 5 nitrogen and oxygen atoms in total. The molecule has 0 spiro atoms. The van der Waals surface area contributed by atoms with Crippen LogP contribution in [0.2, 0.25) is 0 Å². The van der Waals surface area contributed by atoms with Crippen molar-refractivity contribution in [2.75, 3.05) is 11.2 Å². The molecule has 0 fully saturated rings. The summed E-state index contributed by atoms with van der Waals surface area (Å²) in [6.07, 6.45) is 0. The van der Waals surface area contributed by atoms with Gasteiger partial charge >= 0.3 is 0 Å². The highest BCUT2D eigenvalue weighted by Crippen LogP contribution is 2.20. The Balaban J connectivity index is 2.11. The highest BCUT2D eigenvalue weighted by atomic mass is 79.9. The van der Waals surface area contributed by atoms with Gasteiger partial charge in [-0.3, -0.25) is 4.79 Å². The lowest BCUT2D eigenvalue weighted by Crippen LogP contribution is -2.30. The van der Waals surface area contributed by atoms with E-state index in [1.54, 1.807) is 12.1 Å². The molecule has 2 aromatic carbocycles. The van der Waals surface area contributed by atoms with Crippen LogP contribution < -0.4 is 16.7 Å². The summed E-state index contributed by atoms with van der Waals surface area (Å²) in [5.41, 5.74) is 1.08. The van der Waals surface area contributed by atoms with Crippen LogP contribution in [0.15, 0.2) is 56.2 Å². The van der Waals surface area contributed by atoms with Crippen LogP contribution in [-0.2, 0) is 0 Å². The first-order chi connectivity index (χ1) is 10.0. The van der Waals surface area contributed by atoms with Gasteiger partial charge in [0, 0.05) is 14.6 Å². The lowest BCUT2D eigenvalue weighted by Gasteiger charge is -2.11. The summed E-state index contributed by atoms with van der Waals surface area (Å²) in [5.74, 6) is 6.12. The lowest BCUT2D eigenvalue weighted by molar-refractivity contribution is 0.926. The van der Waals surface area contributed by atoms with Gasteiger partial charge in [0.05, 0.1) is 10.9 Å². The van der Waals surface area contributed by atoms with E-state index >= 15 is 0 Å². The third-order valence-corrected chi connectivity index (χ3v) is 3.98. The fourth-order valence-electron chi connectivity index (χ4n) is 1.92. The zero-order chi connectivity index (χ0) is 15.0. The Bertz CT molecular complexity index is 875. The van der Waals surface area contributed by atoms with E-state index in [0.717, 1.165) is 19.3 Å². The van der Waals surface area contributed by atoms with E-state index in [9.17, 15) is 4.79 Å². The molecule has 1 heterocycles. The van der Waals surface area contributed by atoms with Gasteiger partial charge in [0.1, 0.15) is 0 Å². The quantitative estimate of drug-likeness (QED) is 0.636. The van der Waals surface area contributed by atoms with Gasteiger partial charge in [-0.15, -0.1) is 0 Å². The van der Waals surface area contributed by atoms with E-state index in [2.05, 4.69) is 42.2 Å². The summed E-state index contributed by atoms with van der Waals surface area (Å²) in [4.78, 5) is 16.7. The number of aromatic nitrogens is 2. The Labute approximate surface area is 137 Å². The van der Waals surface area contributed by atoms with Gasteiger partial charge in [-0.05, 0) is 42.5 Å². The molecular weight excluding hydrogens is 400 g/mol. The molecule has 7 heteroatoms. The molecule has 0 bridgehead atoms. The molecule has 0 amide bonds. The van der Waals surface area contributed by atoms with Crippen molar-refractivity contribution in [1.82, 2.24) is 9.66 Å². The number of nitrogens with zero attached hydrogens (tertiary/aromatic N) is 2. The fraction of sp³-hybridized carbons (Fsp3) is 0. The molecule has 0 aliphatic carbocycles. The van der Waals surface area contributed by atoms with Crippen LogP contribution >= 0.6 is 31.9 Å². The summed E-state index contributed by atoms with van der Waals surface area (Å²) in [6, 6.07) is 12.8. The van der Waals surface area contributed by atoms with Gasteiger partial charge < -0.3 is 11.2 Å². The summed E-state index contributed by atoms with van der Waals surface area (Å²) < 4.78 is 2.79. The predicted molar refractivity (Wildman–Crippen MR) is 91.3 cm³/mol. The first kappa shape index (κ1) is 14.1. The molecule has 0 saturated carbocycles. The number of nitrogens with two attached hydrogens (primary N) is 1. The number of benzene rings is 2. The maximum atomic E-state index is 12.3. The van der Waals surface area contributed by atoms with Crippen molar-refractivity contribution >= 4 is 54.4 Å². The molecule has 0 aliphatic rings. The molecule has 0 aliphatic heterocycles. The topological polar surface area (TPSA) is 72.9 Å².